The smallest absolute Gasteiger partial charge is 0.416 e. The van der Waals surface area contributed by atoms with Gasteiger partial charge in [0, 0.05) is 11.9 Å². The summed E-state index contributed by atoms with van der Waals surface area (Å²) in [4.78, 5) is 27.6. The van der Waals surface area contributed by atoms with Crippen LogP contribution >= 0.6 is 11.6 Å². The van der Waals surface area contributed by atoms with Gasteiger partial charge in [0.2, 0.25) is 0 Å². The number of carbonyl (C=O) groups is 2. The Balaban J connectivity index is 1.98. The molecule has 0 unspecified atom stereocenters. The minimum Gasteiger partial charge on any atom is -0.449 e. The lowest BCUT2D eigenvalue weighted by atomic mass is 10.2. The Morgan fingerprint density at radius 1 is 1.20 bits per heavy atom. The fraction of sp³-hybridized carbons (Fsp3) is 0.188. The van der Waals surface area contributed by atoms with Gasteiger partial charge in [0.05, 0.1) is 11.1 Å². The van der Waals surface area contributed by atoms with Gasteiger partial charge in [0.1, 0.15) is 5.15 Å². The highest BCUT2D eigenvalue weighted by molar-refractivity contribution is 6.32. The van der Waals surface area contributed by atoms with Gasteiger partial charge < -0.3 is 10.1 Å². The number of aromatic nitrogens is 1. The van der Waals surface area contributed by atoms with Crippen LogP contribution in [-0.2, 0) is 15.7 Å². The number of halogens is 4. The van der Waals surface area contributed by atoms with Gasteiger partial charge in [-0.15, -0.1) is 0 Å². The third kappa shape index (κ3) is 4.93. The number of hydrogen-bond donors (Lipinski definition) is 1. The average Bonchev–Trinajstić information content (AvgIpc) is 2.54. The maximum absolute atomic E-state index is 12.5. The fourth-order valence-corrected chi connectivity index (χ4v) is 2.00. The molecule has 2 aromatic rings. The fourth-order valence-electron chi connectivity index (χ4n) is 1.80. The Kier molecular flexibility index (Phi) is 5.63. The number of ether oxygens (including phenoxy) is 1. The highest BCUT2D eigenvalue weighted by Crippen LogP contribution is 2.29. The van der Waals surface area contributed by atoms with Gasteiger partial charge in [-0.1, -0.05) is 11.6 Å². The normalized spacial score (nSPS) is 12.4. The molecular formula is C16H12ClF3N2O3. The minimum absolute atomic E-state index is 0.00153. The van der Waals surface area contributed by atoms with Crippen LogP contribution in [0, 0.1) is 0 Å². The van der Waals surface area contributed by atoms with Crippen LogP contribution in [0.1, 0.15) is 22.8 Å². The Labute approximate surface area is 145 Å². The molecule has 5 nitrogen and oxygen atoms in total. The Bertz CT molecular complexity index is 779. The van der Waals surface area contributed by atoms with Crippen molar-refractivity contribution in [2.24, 2.45) is 0 Å². The van der Waals surface area contributed by atoms with Gasteiger partial charge in [0.15, 0.2) is 6.10 Å². The van der Waals surface area contributed by atoms with Crippen LogP contribution in [0.2, 0.25) is 5.15 Å². The van der Waals surface area contributed by atoms with E-state index in [-0.39, 0.29) is 16.4 Å². The summed E-state index contributed by atoms with van der Waals surface area (Å²) in [5.74, 6) is -1.54. The number of pyridine rings is 1. The number of amides is 1. The number of rotatable bonds is 4. The summed E-state index contributed by atoms with van der Waals surface area (Å²) in [5, 5.41) is 2.29. The van der Waals surface area contributed by atoms with Crippen LogP contribution in [-0.4, -0.2) is 23.0 Å². The maximum Gasteiger partial charge on any atom is 0.416 e. The number of nitrogens with one attached hydrogen (secondary N) is 1. The molecule has 2 rings (SSSR count). The zero-order chi connectivity index (χ0) is 18.6. The molecule has 0 fully saturated rings. The predicted molar refractivity (Wildman–Crippen MR) is 84.2 cm³/mol. The molecular weight excluding hydrogens is 361 g/mol. The van der Waals surface area contributed by atoms with Crippen molar-refractivity contribution in [3.05, 3.63) is 58.9 Å². The molecule has 1 aromatic heterocycles. The summed E-state index contributed by atoms with van der Waals surface area (Å²) in [6.45, 7) is 1.32. The summed E-state index contributed by atoms with van der Waals surface area (Å²) in [6, 6.07) is 6.75. The first kappa shape index (κ1) is 18.7. The molecule has 132 valence electrons. The van der Waals surface area contributed by atoms with Crippen LogP contribution in [0.5, 0.6) is 0 Å². The zero-order valence-electron chi connectivity index (χ0n) is 12.8. The Morgan fingerprint density at radius 3 is 2.40 bits per heavy atom. The van der Waals surface area contributed by atoms with Crippen LogP contribution in [0.15, 0.2) is 42.6 Å². The number of benzene rings is 1. The molecule has 0 bridgehead atoms. The third-order valence-corrected chi connectivity index (χ3v) is 3.41. The summed E-state index contributed by atoms with van der Waals surface area (Å²) < 4.78 is 42.4. The van der Waals surface area contributed by atoms with Crippen molar-refractivity contribution in [1.29, 1.82) is 0 Å². The van der Waals surface area contributed by atoms with Crippen molar-refractivity contribution in [1.82, 2.24) is 4.98 Å². The van der Waals surface area contributed by atoms with Crippen molar-refractivity contribution >= 4 is 29.2 Å². The predicted octanol–water partition coefficient (Wildman–Crippen LogP) is 3.94. The quantitative estimate of drug-likeness (QED) is 0.652. The second-order valence-electron chi connectivity index (χ2n) is 4.95. The number of hydrogen-bond acceptors (Lipinski definition) is 4. The van der Waals surface area contributed by atoms with Gasteiger partial charge in [-0.25, -0.2) is 9.78 Å². The summed E-state index contributed by atoms with van der Waals surface area (Å²) >= 11 is 5.76. The lowest BCUT2D eigenvalue weighted by Gasteiger charge is -2.14. The lowest BCUT2D eigenvalue weighted by molar-refractivity contribution is -0.137. The molecule has 0 aliphatic rings. The van der Waals surface area contributed by atoms with Gasteiger partial charge in [-0.3, -0.25) is 4.79 Å². The van der Waals surface area contributed by atoms with Crippen molar-refractivity contribution in [3.8, 4) is 0 Å². The SMILES string of the molecule is C[C@H](OC(=O)c1cccnc1Cl)C(=O)Nc1ccc(C(F)(F)F)cc1. The number of alkyl halides is 3. The monoisotopic (exact) mass is 372 g/mol. The third-order valence-electron chi connectivity index (χ3n) is 3.11. The van der Waals surface area contributed by atoms with Gasteiger partial charge in [0.25, 0.3) is 5.91 Å². The van der Waals surface area contributed by atoms with Crippen LogP contribution in [0.25, 0.3) is 0 Å². The number of carbonyl (C=O) groups excluding carboxylic acids is 2. The van der Waals surface area contributed by atoms with Crippen molar-refractivity contribution in [2.75, 3.05) is 5.32 Å². The second kappa shape index (κ2) is 7.52. The first-order valence-corrected chi connectivity index (χ1v) is 7.36. The van der Waals surface area contributed by atoms with E-state index in [1.165, 1.54) is 25.3 Å². The van der Waals surface area contributed by atoms with E-state index in [9.17, 15) is 22.8 Å². The van der Waals surface area contributed by atoms with Crippen LogP contribution < -0.4 is 5.32 Å². The minimum atomic E-state index is -4.46. The zero-order valence-corrected chi connectivity index (χ0v) is 13.6. The van der Waals surface area contributed by atoms with E-state index >= 15 is 0 Å². The van der Waals surface area contributed by atoms with E-state index in [1.807, 2.05) is 0 Å². The first-order valence-electron chi connectivity index (χ1n) is 6.98. The topological polar surface area (TPSA) is 68.3 Å². The van der Waals surface area contributed by atoms with Crippen molar-refractivity contribution in [3.63, 3.8) is 0 Å². The van der Waals surface area contributed by atoms with Crippen molar-refractivity contribution < 1.29 is 27.5 Å². The molecule has 0 spiro atoms. The molecule has 1 N–H and O–H groups in total. The molecule has 1 aromatic carbocycles. The lowest BCUT2D eigenvalue weighted by Crippen LogP contribution is -2.30. The van der Waals surface area contributed by atoms with Crippen molar-refractivity contribution in [2.45, 2.75) is 19.2 Å². The number of anilines is 1. The molecule has 0 saturated heterocycles. The summed E-state index contributed by atoms with van der Waals surface area (Å²) in [6.07, 6.45) is -4.26. The van der Waals surface area contributed by atoms with Crippen LogP contribution in [0.4, 0.5) is 18.9 Å². The maximum atomic E-state index is 12.5. The molecule has 25 heavy (non-hydrogen) atoms. The van der Waals surface area contributed by atoms with Gasteiger partial charge >= 0.3 is 12.1 Å². The molecule has 0 radical (unpaired) electrons. The molecule has 0 aliphatic heterocycles. The van der Waals surface area contributed by atoms with E-state index in [4.69, 9.17) is 16.3 Å². The summed E-state index contributed by atoms with van der Waals surface area (Å²) in [7, 11) is 0. The summed E-state index contributed by atoms with van der Waals surface area (Å²) in [5.41, 5.74) is -0.699. The average molecular weight is 373 g/mol. The molecule has 9 heteroatoms. The number of esters is 1. The standard InChI is InChI=1S/C16H12ClF3N2O3/c1-9(25-15(24)12-3-2-8-21-13(12)17)14(23)22-11-6-4-10(5-7-11)16(18,19)20/h2-9H,1H3,(H,22,23)/t9-/m0/s1. The van der Waals surface area contributed by atoms with E-state index in [0.29, 0.717) is 0 Å². The van der Waals surface area contributed by atoms with E-state index in [0.717, 1.165) is 24.3 Å². The Morgan fingerprint density at radius 2 is 1.84 bits per heavy atom. The first-order chi connectivity index (χ1) is 11.7. The second-order valence-corrected chi connectivity index (χ2v) is 5.31. The molecule has 1 atom stereocenters. The largest absolute Gasteiger partial charge is 0.449 e. The number of nitrogens with zero attached hydrogens (tertiary/aromatic N) is 1. The van der Waals surface area contributed by atoms with Gasteiger partial charge in [-0.2, -0.15) is 13.2 Å². The molecule has 1 heterocycles. The van der Waals surface area contributed by atoms with E-state index in [2.05, 4.69) is 10.3 Å². The molecule has 1 amide bonds. The van der Waals surface area contributed by atoms with E-state index < -0.39 is 29.7 Å². The van der Waals surface area contributed by atoms with Gasteiger partial charge in [-0.05, 0) is 43.3 Å². The molecule has 0 aliphatic carbocycles. The highest BCUT2D eigenvalue weighted by atomic mass is 35.5. The Hall–Kier alpha value is -2.61. The molecule has 0 saturated carbocycles. The highest BCUT2D eigenvalue weighted by Gasteiger charge is 2.30. The van der Waals surface area contributed by atoms with Crippen LogP contribution in [0.3, 0.4) is 0 Å². The van der Waals surface area contributed by atoms with E-state index in [1.54, 1.807) is 0 Å².